The van der Waals surface area contributed by atoms with Crippen molar-refractivity contribution in [3.63, 3.8) is 0 Å². The second-order valence-electron chi connectivity index (χ2n) is 4.16. The van der Waals surface area contributed by atoms with Crippen molar-refractivity contribution in [2.45, 2.75) is 26.0 Å². The van der Waals surface area contributed by atoms with Crippen molar-refractivity contribution < 1.29 is 5.11 Å². The molecular formula is C10H16ClN3O. The lowest BCUT2D eigenvalue weighted by molar-refractivity contribution is 0.174. The number of aromatic nitrogens is 2. The van der Waals surface area contributed by atoms with Gasteiger partial charge in [0.2, 0.25) is 0 Å². The van der Waals surface area contributed by atoms with Gasteiger partial charge < -0.3 is 5.11 Å². The molecule has 0 radical (unpaired) electrons. The van der Waals surface area contributed by atoms with Crippen molar-refractivity contribution in [3.05, 3.63) is 16.4 Å². The molecule has 0 bridgehead atoms. The number of halogens is 1. The van der Waals surface area contributed by atoms with Gasteiger partial charge in [-0.3, -0.25) is 9.58 Å². The van der Waals surface area contributed by atoms with Crippen LogP contribution in [0.2, 0.25) is 5.15 Å². The summed E-state index contributed by atoms with van der Waals surface area (Å²) in [6.07, 6.45) is 0.678. The zero-order valence-corrected chi connectivity index (χ0v) is 9.83. The van der Waals surface area contributed by atoms with Gasteiger partial charge in [-0.15, -0.1) is 0 Å². The molecule has 0 amide bonds. The Bertz CT molecular complexity index is 364. The summed E-state index contributed by atoms with van der Waals surface area (Å²) in [6.45, 7) is 4.43. The van der Waals surface area contributed by atoms with Gasteiger partial charge in [0.25, 0.3) is 0 Å². The normalized spacial score (nSPS) is 22.5. The Morgan fingerprint density at radius 3 is 2.80 bits per heavy atom. The highest BCUT2D eigenvalue weighted by Crippen LogP contribution is 2.22. The second kappa shape index (κ2) is 4.12. The van der Waals surface area contributed by atoms with Crippen molar-refractivity contribution in [3.8, 4) is 0 Å². The highest BCUT2D eigenvalue weighted by molar-refractivity contribution is 6.30. The first-order valence-corrected chi connectivity index (χ1v) is 5.54. The molecule has 84 valence electrons. The Balaban J connectivity index is 2.10. The van der Waals surface area contributed by atoms with E-state index in [1.807, 2.05) is 14.0 Å². The Labute approximate surface area is 94.4 Å². The lowest BCUT2D eigenvalue weighted by atomic mass is 10.2. The quantitative estimate of drug-likeness (QED) is 0.821. The van der Waals surface area contributed by atoms with Crippen LogP contribution in [0.5, 0.6) is 0 Å². The monoisotopic (exact) mass is 229 g/mol. The second-order valence-corrected chi connectivity index (χ2v) is 4.51. The van der Waals surface area contributed by atoms with Crippen LogP contribution in [-0.4, -0.2) is 39.0 Å². The SMILES string of the molecule is Cc1nn(C)c(Cl)c1CN1CC[C@H](O)C1. The number of aliphatic hydroxyl groups is 1. The number of likely N-dealkylation sites (tertiary alicyclic amines) is 1. The summed E-state index contributed by atoms with van der Waals surface area (Å²) in [5.74, 6) is 0. The molecule has 1 saturated heterocycles. The summed E-state index contributed by atoms with van der Waals surface area (Å²) in [4.78, 5) is 2.21. The van der Waals surface area contributed by atoms with E-state index in [1.54, 1.807) is 4.68 Å². The predicted octanol–water partition coefficient (Wildman–Crippen LogP) is 0.949. The fourth-order valence-corrected chi connectivity index (χ4v) is 2.27. The maximum Gasteiger partial charge on any atom is 0.131 e. The number of rotatable bonds is 2. The maximum atomic E-state index is 9.43. The van der Waals surface area contributed by atoms with Crippen LogP contribution in [0.3, 0.4) is 0 Å². The molecule has 1 aliphatic heterocycles. The Morgan fingerprint density at radius 1 is 1.60 bits per heavy atom. The highest BCUT2D eigenvalue weighted by Gasteiger charge is 2.22. The summed E-state index contributed by atoms with van der Waals surface area (Å²) >= 11 is 6.14. The largest absolute Gasteiger partial charge is 0.392 e. The van der Waals surface area contributed by atoms with Gasteiger partial charge in [-0.05, 0) is 13.3 Å². The maximum absolute atomic E-state index is 9.43. The summed E-state index contributed by atoms with van der Waals surface area (Å²) in [6, 6.07) is 0. The van der Waals surface area contributed by atoms with Crippen LogP contribution in [0.25, 0.3) is 0 Å². The van der Waals surface area contributed by atoms with Crippen LogP contribution >= 0.6 is 11.6 Å². The fraction of sp³-hybridized carbons (Fsp3) is 0.700. The van der Waals surface area contributed by atoms with Gasteiger partial charge in [0.15, 0.2) is 0 Å². The number of hydrogen-bond donors (Lipinski definition) is 1. The number of nitrogens with zero attached hydrogens (tertiary/aromatic N) is 3. The third kappa shape index (κ3) is 2.17. The lowest BCUT2D eigenvalue weighted by Gasteiger charge is -2.14. The molecule has 0 saturated carbocycles. The van der Waals surface area contributed by atoms with E-state index in [4.69, 9.17) is 11.6 Å². The zero-order chi connectivity index (χ0) is 11.0. The van der Waals surface area contributed by atoms with E-state index in [-0.39, 0.29) is 6.10 Å². The summed E-state index contributed by atoms with van der Waals surface area (Å²) in [7, 11) is 1.84. The van der Waals surface area contributed by atoms with Crippen molar-refractivity contribution in [1.82, 2.24) is 14.7 Å². The Morgan fingerprint density at radius 2 is 2.33 bits per heavy atom. The van der Waals surface area contributed by atoms with Crippen molar-refractivity contribution in [2.75, 3.05) is 13.1 Å². The third-order valence-corrected chi connectivity index (χ3v) is 3.37. The summed E-state index contributed by atoms with van der Waals surface area (Å²) < 4.78 is 1.69. The Hall–Kier alpha value is -0.580. The van der Waals surface area contributed by atoms with E-state index in [0.29, 0.717) is 5.15 Å². The first-order valence-electron chi connectivity index (χ1n) is 5.16. The van der Waals surface area contributed by atoms with Crippen LogP contribution in [0.4, 0.5) is 0 Å². The van der Waals surface area contributed by atoms with Gasteiger partial charge in [-0.25, -0.2) is 0 Å². The molecule has 0 aliphatic carbocycles. The van der Waals surface area contributed by atoms with Crippen molar-refractivity contribution in [2.24, 2.45) is 7.05 Å². The van der Waals surface area contributed by atoms with Gasteiger partial charge in [0.05, 0.1) is 11.8 Å². The van der Waals surface area contributed by atoms with Gasteiger partial charge in [0, 0.05) is 32.2 Å². The van der Waals surface area contributed by atoms with Gasteiger partial charge in [-0.1, -0.05) is 11.6 Å². The van der Waals surface area contributed by atoms with Gasteiger partial charge >= 0.3 is 0 Å². The minimum absolute atomic E-state index is 0.180. The minimum atomic E-state index is -0.180. The first-order chi connectivity index (χ1) is 7.08. The van der Waals surface area contributed by atoms with Crippen LogP contribution in [-0.2, 0) is 13.6 Å². The summed E-state index contributed by atoms with van der Waals surface area (Å²) in [5, 5.41) is 14.4. The number of aliphatic hydroxyl groups excluding tert-OH is 1. The Kier molecular flexibility index (Phi) is 3.00. The van der Waals surface area contributed by atoms with Crippen LogP contribution in [0, 0.1) is 6.92 Å². The fourth-order valence-electron chi connectivity index (χ4n) is 2.03. The van der Waals surface area contributed by atoms with E-state index in [9.17, 15) is 5.11 Å². The minimum Gasteiger partial charge on any atom is -0.392 e. The van der Waals surface area contributed by atoms with E-state index >= 15 is 0 Å². The van der Waals surface area contributed by atoms with E-state index in [0.717, 1.165) is 37.3 Å². The van der Waals surface area contributed by atoms with E-state index in [1.165, 1.54) is 0 Å². The van der Waals surface area contributed by atoms with Crippen molar-refractivity contribution in [1.29, 1.82) is 0 Å². The highest BCUT2D eigenvalue weighted by atomic mass is 35.5. The standard InChI is InChI=1S/C10H16ClN3O/c1-7-9(10(11)13(2)12-7)6-14-4-3-8(15)5-14/h8,15H,3-6H2,1-2H3/t8-/m0/s1. The topological polar surface area (TPSA) is 41.3 Å². The van der Waals surface area contributed by atoms with E-state index in [2.05, 4.69) is 10.00 Å². The van der Waals surface area contributed by atoms with Gasteiger partial charge in [0.1, 0.15) is 5.15 Å². The van der Waals surface area contributed by atoms with Crippen molar-refractivity contribution >= 4 is 11.6 Å². The summed E-state index contributed by atoms with van der Waals surface area (Å²) in [5.41, 5.74) is 2.05. The first kappa shape index (κ1) is 10.9. The average molecular weight is 230 g/mol. The van der Waals surface area contributed by atoms with E-state index < -0.39 is 0 Å². The molecule has 1 aromatic rings. The molecule has 15 heavy (non-hydrogen) atoms. The molecule has 2 heterocycles. The molecule has 0 aromatic carbocycles. The molecule has 4 nitrogen and oxygen atoms in total. The molecule has 1 aromatic heterocycles. The van der Waals surface area contributed by atoms with Gasteiger partial charge in [-0.2, -0.15) is 5.10 Å². The molecule has 1 aliphatic rings. The van der Waals surface area contributed by atoms with Crippen LogP contribution < -0.4 is 0 Å². The molecular weight excluding hydrogens is 214 g/mol. The smallest absolute Gasteiger partial charge is 0.131 e. The number of aryl methyl sites for hydroxylation is 2. The number of β-amino-alcohol motifs (C(OH)–C–C–N with tert-alkyl or cyclic N) is 1. The average Bonchev–Trinajstić information content (AvgIpc) is 2.67. The third-order valence-electron chi connectivity index (χ3n) is 2.90. The van der Waals surface area contributed by atoms with Crippen LogP contribution in [0.1, 0.15) is 17.7 Å². The molecule has 5 heteroatoms. The number of hydrogen-bond acceptors (Lipinski definition) is 3. The molecule has 1 fully saturated rings. The molecule has 2 rings (SSSR count). The predicted molar refractivity (Wildman–Crippen MR) is 58.9 cm³/mol. The molecule has 1 N–H and O–H groups in total. The van der Waals surface area contributed by atoms with Crippen LogP contribution in [0.15, 0.2) is 0 Å². The molecule has 0 spiro atoms. The molecule has 1 atom stereocenters. The lowest BCUT2D eigenvalue weighted by Crippen LogP contribution is -2.21. The molecule has 0 unspecified atom stereocenters. The zero-order valence-electron chi connectivity index (χ0n) is 9.07.